The third kappa shape index (κ3) is 1.41. The van der Waals surface area contributed by atoms with Crippen LogP contribution in [-0.2, 0) is 4.79 Å². The predicted octanol–water partition coefficient (Wildman–Crippen LogP) is 1.23. The number of piperidine rings is 1. The van der Waals surface area contributed by atoms with Gasteiger partial charge in [0, 0.05) is 25.0 Å². The van der Waals surface area contributed by atoms with E-state index in [0.717, 1.165) is 44.2 Å². The van der Waals surface area contributed by atoms with Crippen molar-refractivity contribution >= 4 is 5.91 Å². The molecule has 16 heavy (non-hydrogen) atoms. The summed E-state index contributed by atoms with van der Waals surface area (Å²) in [6.45, 7) is 6.66. The molecule has 3 nitrogen and oxygen atoms in total. The largest absolute Gasteiger partial charge is 0.342 e. The third-order valence-corrected chi connectivity index (χ3v) is 5.26. The van der Waals surface area contributed by atoms with Crippen LogP contribution < -0.4 is 5.73 Å². The number of hydrogen-bond donors (Lipinski definition) is 1. The van der Waals surface area contributed by atoms with Crippen molar-refractivity contribution in [3.8, 4) is 0 Å². The number of carbonyl (C=O) groups is 1. The normalized spacial score (nSPS) is 44.6. The average molecular weight is 222 g/mol. The molecule has 0 spiro atoms. The fourth-order valence-electron chi connectivity index (χ4n) is 3.81. The Hall–Kier alpha value is -0.570. The Morgan fingerprint density at radius 3 is 2.38 bits per heavy atom. The van der Waals surface area contributed by atoms with E-state index in [2.05, 4.69) is 18.7 Å². The molecule has 2 aliphatic carbocycles. The number of amides is 1. The number of hydrogen-bond acceptors (Lipinski definition) is 2. The van der Waals surface area contributed by atoms with Gasteiger partial charge in [-0.05, 0) is 36.5 Å². The van der Waals surface area contributed by atoms with E-state index in [1.807, 2.05) is 0 Å². The van der Waals surface area contributed by atoms with Crippen molar-refractivity contribution in [1.82, 2.24) is 4.90 Å². The molecule has 3 aliphatic rings. The second-order valence-corrected chi connectivity index (χ2v) is 6.55. The van der Waals surface area contributed by atoms with Crippen LogP contribution in [0.25, 0.3) is 0 Å². The van der Waals surface area contributed by atoms with Gasteiger partial charge in [0.05, 0.1) is 0 Å². The molecule has 3 fully saturated rings. The summed E-state index contributed by atoms with van der Waals surface area (Å²) in [5.74, 6) is 2.16. The van der Waals surface area contributed by atoms with Crippen LogP contribution in [0.3, 0.4) is 0 Å². The summed E-state index contributed by atoms with van der Waals surface area (Å²) in [7, 11) is 0. The van der Waals surface area contributed by atoms with Crippen LogP contribution in [0, 0.1) is 23.2 Å². The monoisotopic (exact) mass is 222 g/mol. The Balaban J connectivity index is 1.58. The van der Waals surface area contributed by atoms with Crippen LogP contribution in [-0.4, -0.2) is 29.9 Å². The fourth-order valence-corrected chi connectivity index (χ4v) is 3.81. The average Bonchev–Trinajstić information content (AvgIpc) is 2.72. The molecule has 1 amide bonds. The predicted molar refractivity (Wildman–Crippen MR) is 62.7 cm³/mol. The quantitative estimate of drug-likeness (QED) is 0.725. The second-order valence-electron chi connectivity index (χ2n) is 6.55. The van der Waals surface area contributed by atoms with Crippen LogP contribution in [0.5, 0.6) is 0 Å². The van der Waals surface area contributed by atoms with Gasteiger partial charge in [-0.25, -0.2) is 0 Å². The van der Waals surface area contributed by atoms with E-state index in [1.54, 1.807) is 0 Å². The van der Waals surface area contributed by atoms with Gasteiger partial charge in [0.15, 0.2) is 0 Å². The Bertz CT molecular complexity index is 312. The van der Waals surface area contributed by atoms with Crippen molar-refractivity contribution in [2.45, 2.75) is 39.2 Å². The highest BCUT2D eigenvalue weighted by atomic mass is 16.2. The van der Waals surface area contributed by atoms with Crippen molar-refractivity contribution in [3.05, 3.63) is 0 Å². The molecule has 1 heterocycles. The van der Waals surface area contributed by atoms with Crippen LogP contribution in [0.2, 0.25) is 0 Å². The Kier molecular flexibility index (Phi) is 2.13. The standard InChI is InChI=1S/C13H22N2O/c1-13(2)10-6-15(7-11(10)13)12(16)8-3-4-9(14)5-8/h8-11H,3-7,14H2,1-2H3. The zero-order valence-electron chi connectivity index (χ0n) is 10.3. The van der Waals surface area contributed by atoms with Gasteiger partial charge in [0.1, 0.15) is 0 Å². The van der Waals surface area contributed by atoms with E-state index in [1.165, 1.54) is 0 Å². The van der Waals surface area contributed by atoms with Crippen LogP contribution in [0.4, 0.5) is 0 Å². The number of carbonyl (C=O) groups excluding carboxylic acids is 1. The van der Waals surface area contributed by atoms with Gasteiger partial charge in [0.2, 0.25) is 5.91 Å². The summed E-state index contributed by atoms with van der Waals surface area (Å²) in [4.78, 5) is 14.3. The highest BCUT2D eigenvalue weighted by molar-refractivity contribution is 5.79. The molecule has 90 valence electrons. The van der Waals surface area contributed by atoms with Gasteiger partial charge in [-0.15, -0.1) is 0 Å². The first-order valence-electron chi connectivity index (χ1n) is 6.54. The lowest BCUT2D eigenvalue weighted by molar-refractivity contribution is -0.135. The number of fused-ring (bicyclic) bond motifs is 1. The maximum absolute atomic E-state index is 12.2. The summed E-state index contributed by atoms with van der Waals surface area (Å²) in [6, 6.07) is 0.266. The molecule has 1 saturated heterocycles. The summed E-state index contributed by atoms with van der Waals surface area (Å²) in [6.07, 6.45) is 2.95. The second kappa shape index (κ2) is 3.22. The molecule has 0 bridgehead atoms. The molecule has 2 N–H and O–H groups in total. The molecule has 3 heteroatoms. The Labute approximate surface area is 97.4 Å². The summed E-state index contributed by atoms with van der Waals surface area (Å²) in [5.41, 5.74) is 6.37. The number of likely N-dealkylation sites (tertiary alicyclic amines) is 1. The zero-order valence-corrected chi connectivity index (χ0v) is 10.3. The molecule has 3 rings (SSSR count). The van der Waals surface area contributed by atoms with E-state index in [9.17, 15) is 4.79 Å². The van der Waals surface area contributed by atoms with Crippen molar-refractivity contribution in [3.63, 3.8) is 0 Å². The smallest absolute Gasteiger partial charge is 0.225 e. The maximum atomic E-state index is 12.2. The fraction of sp³-hybridized carbons (Fsp3) is 0.923. The summed E-state index contributed by atoms with van der Waals surface area (Å²) in [5, 5.41) is 0. The molecule has 4 unspecified atom stereocenters. The van der Waals surface area contributed by atoms with Crippen LogP contribution in [0.15, 0.2) is 0 Å². The van der Waals surface area contributed by atoms with Crippen molar-refractivity contribution in [1.29, 1.82) is 0 Å². The summed E-state index contributed by atoms with van der Waals surface area (Å²) >= 11 is 0. The molecule has 0 aromatic heterocycles. The van der Waals surface area contributed by atoms with Crippen molar-refractivity contribution in [2.75, 3.05) is 13.1 Å². The van der Waals surface area contributed by atoms with Crippen molar-refractivity contribution in [2.24, 2.45) is 28.9 Å². The lowest BCUT2D eigenvalue weighted by atomic mass is 10.0. The highest BCUT2D eigenvalue weighted by Crippen LogP contribution is 2.62. The molecular weight excluding hydrogens is 200 g/mol. The van der Waals surface area contributed by atoms with Crippen LogP contribution >= 0.6 is 0 Å². The zero-order chi connectivity index (χ0) is 11.5. The molecule has 4 atom stereocenters. The molecular formula is C13H22N2O. The number of nitrogens with two attached hydrogens (primary N) is 1. The van der Waals surface area contributed by atoms with E-state index in [-0.39, 0.29) is 12.0 Å². The minimum Gasteiger partial charge on any atom is -0.342 e. The van der Waals surface area contributed by atoms with Gasteiger partial charge in [0.25, 0.3) is 0 Å². The topological polar surface area (TPSA) is 46.3 Å². The van der Waals surface area contributed by atoms with Gasteiger partial charge >= 0.3 is 0 Å². The lowest BCUT2D eigenvalue weighted by Crippen LogP contribution is -2.37. The van der Waals surface area contributed by atoms with Gasteiger partial charge in [-0.3, -0.25) is 4.79 Å². The van der Waals surface area contributed by atoms with E-state index in [0.29, 0.717) is 11.3 Å². The summed E-state index contributed by atoms with van der Waals surface area (Å²) < 4.78 is 0. The minimum atomic E-state index is 0.232. The highest BCUT2D eigenvalue weighted by Gasteiger charge is 2.62. The van der Waals surface area contributed by atoms with Gasteiger partial charge in [-0.2, -0.15) is 0 Å². The molecule has 0 aromatic carbocycles. The SMILES string of the molecule is CC1(C)C2CN(C(=O)C3CCC(N)C3)CC21. The van der Waals surface area contributed by atoms with E-state index < -0.39 is 0 Å². The lowest BCUT2D eigenvalue weighted by Gasteiger charge is -2.25. The van der Waals surface area contributed by atoms with E-state index >= 15 is 0 Å². The first-order chi connectivity index (χ1) is 7.50. The van der Waals surface area contributed by atoms with Gasteiger partial charge < -0.3 is 10.6 Å². The number of nitrogens with zero attached hydrogens (tertiary/aromatic N) is 1. The minimum absolute atomic E-state index is 0.232. The Morgan fingerprint density at radius 2 is 1.88 bits per heavy atom. The molecule has 2 saturated carbocycles. The molecule has 0 aromatic rings. The molecule has 1 aliphatic heterocycles. The third-order valence-electron chi connectivity index (χ3n) is 5.26. The first-order valence-corrected chi connectivity index (χ1v) is 6.54. The molecule has 0 radical (unpaired) electrons. The number of rotatable bonds is 1. The Morgan fingerprint density at radius 1 is 1.25 bits per heavy atom. The maximum Gasteiger partial charge on any atom is 0.225 e. The van der Waals surface area contributed by atoms with Crippen molar-refractivity contribution < 1.29 is 4.79 Å². The van der Waals surface area contributed by atoms with E-state index in [4.69, 9.17) is 5.73 Å². The first kappa shape index (κ1) is 10.6. The van der Waals surface area contributed by atoms with Gasteiger partial charge in [-0.1, -0.05) is 13.8 Å². The van der Waals surface area contributed by atoms with Crippen LogP contribution in [0.1, 0.15) is 33.1 Å².